The Labute approximate surface area is 482 Å². The first-order valence-electron chi connectivity index (χ1n) is 35.5. The molecule has 0 aliphatic carbocycles. The van der Waals surface area contributed by atoms with E-state index in [0.29, 0.717) is 19.4 Å². The molecule has 0 saturated heterocycles. The van der Waals surface area contributed by atoms with Crippen molar-refractivity contribution >= 4 is 11.9 Å². The van der Waals surface area contributed by atoms with Crippen molar-refractivity contribution in [3.8, 4) is 0 Å². The van der Waals surface area contributed by atoms with Crippen LogP contribution in [0, 0.1) is 0 Å². The molecule has 458 valence electrons. The summed E-state index contributed by atoms with van der Waals surface area (Å²) in [5.41, 5.74) is 0. The van der Waals surface area contributed by atoms with E-state index in [9.17, 15) is 19.8 Å². The third-order valence-electron chi connectivity index (χ3n) is 16.8. The number of esters is 1. The van der Waals surface area contributed by atoms with Crippen molar-refractivity contribution in [2.75, 3.05) is 13.2 Å². The minimum Gasteiger partial charge on any atom is -0.466 e. The van der Waals surface area contributed by atoms with Gasteiger partial charge in [0.2, 0.25) is 5.91 Å². The third-order valence-corrected chi connectivity index (χ3v) is 16.8. The second-order valence-electron chi connectivity index (χ2n) is 24.6. The van der Waals surface area contributed by atoms with E-state index >= 15 is 0 Å². The van der Waals surface area contributed by atoms with Crippen LogP contribution >= 0.6 is 0 Å². The largest absolute Gasteiger partial charge is 0.466 e. The van der Waals surface area contributed by atoms with E-state index in [1.807, 2.05) is 6.08 Å². The molecule has 2 atom stereocenters. The van der Waals surface area contributed by atoms with Crippen molar-refractivity contribution in [2.45, 2.75) is 418 Å². The summed E-state index contributed by atoms with van der Waals surface area (Å²) in [5.74, 6) is -0.0442. The summed E-state index contributed by atoms with van der Waals surface area (Å²) < 4.78 is 5.49. The van der Waals surface area contributed by atoms with Gasteiger partial charge in [0.25, 0.3) is 0 Å². The van der Waals surface area contributed by atoms with E-state index in [4.69, 9.17) is 4.74 Å². The number of allylic oxidation sites excluding steroid dienone is 1. The van der Waals surface area contributed by atoms with Crippen LogP contribution in [-0.4, -0.2) is 47.4 Å². The topological polar surface area (TPSA) is 95.9 Å². The maximum absolute atomic E-state index is 12.5. The lowest BCUT2D eigenvalue weighted by Crippen LogP contribution is -2.45. The van der Waals surface area contributed by atoms with E-state index in [1.54, 1.807) is 6.08 Å². The molecule has 0 aliphatic heterocycles. The monoisotopic (exact) mass is 1090 g/mol. The molecule has 0 bridgehead atoms. The van der Waals surface area contributed by atoms with Gasteiger partial charge in [-0.25, -0.2) is 0 Å². The van der Waals surface area contributed by atoms with E-state index < -0.39 is 12.1 Å². The first kappa shape index (κ1) is 75.6. The highest BCUT2D eigenvalue weighted by molar-refractivity contribution is 5.76. The number of aliphatic hydroxyl groups excluding tert-OH is 2. The first-order valence-corrected chi connectivity index (χ1v) is 35.5. The van der Waals surface area contributed by atoms with Crippen molar-refractivity contribution in [1.82, 2.24) is 5.32 Å². The van der Waals surface area contributed by atoms with E-state index in [2.05, 4.69) is 19.2 Å². The zero-order valence-corrected chi connectivity index (χ0v) is 52.5. The van der Waals surface area contributed by atoms with Crippen LogP contribution in [0.4, 0.5) is 0 Å². The molecule has 0 aromatic carbocycles. The molecular formula is C71H139NO5. The van der Waals surface area contributed by atoms with E-state index in [-0.39, 0.29) is 18.5 Å². The Hall–Kier alpha value is -1.40. The molecule has 6 nitrogen and oxygen atoms in total. The highest BCUT2D eigenvalue weighted by atomic mass is 16.5. The minimum atomic E-state index is -0.844. The third kappa shape index (κ3) is 63.6. The molecule has 0 fully saturated rings. The molecule has 0 rings (SSSR count). The molecule has 0 spiro atoms. The van der Waals surface area contributed by atoms with Gasteiger partial charge >= 0.3 is 5.97 Å². The van der Waals surface area contributed by atoms with Crippen molar-refractivity contribution in [3.05, 3.63) is 12.2 Å². The smallest absolute Gasteiger partial charge is 0.305 e. The molecule has 0 aliphatic rings. The Morgan fingerprint density at radius 2 is 0.597 bits per heavy atom. The zero-order chi connectivity index (χ0) is 55.7. The average Bonchev–Trinajstić information content (AvgIpc) is 3.43. The van der Waals surface area contributed by atoms with Gasteiger partial charge in [-0.2, -0.15) is 0 Å². The Balaban J connectivity index is 3.39. The van der Waals surface area contributed by atoms with Gasteiger partial charge in [0.15, 0.2) is 0 Å². The molecule has 2 unspecified atom stereocenters. The number of unbranched alkanes of at least 4 members (excludes halogenated alkanes) is 56. The summed E-state index contributed by atoms with van der Waals surface area (Å²) in [5, 5.41) is 23.3. The average molecular weight is 1090 g/mol. The van der Waals surface area contributed by atoms with Gasteiger partial charge in [-0.1, -0.05) is 373 Å². The number of rotatable bonds is 67. The van der Waals surface area contributed by atoms with Gasteiger partial charge in [0.1, 0.15) is 0 Å². The lowest BCUT2D eigenvalue weighted by Gasteiger charge is -2.20. The summed E-state index contributed by atoms with van der Waals surface area (Å²) in [4.78, 5) is 24.6. The standard InChI is InChI=1S/C71H139NO5/c1-3-5-7-9-11-13-15-17-18-19-20-21-24-27-30-33-36-40-43-47-51-55-59-63-69(74)68(67-73)72-70(75)64-60-56-52-48-44-41-37-34-31-28-25-22-23-26-29-32-35-38-42-46-50-54-58-62-66-77-71(76)65-61-57-53-49-45-39-16-14-12-10-8-6-4-2/h59,63,68-69,73-74H,3-58,60-62,64-67H2,1-2H3,(H,72,75)/b63-59+. The molecule has 1 amide bonds. The van der Waals surface area contributed by atoms with Crippen molar-refractivity contribution in [1.29, 1.82) is 0 Å². The predicted octanol–water partition coefficient (Wildman–Crippen LogP) is 22.8. The van der Waals surface area contributed by atoms with Crippen LogP contribution in [0.15, 0.2) is 12.2 Å². The quantitative estimate of drug-likeness (QED) is 0.0320. The number of hydrogen-bond donors (Lipinski definition) is 3. The first-order chi connectivity index (χ1) is 38.0. The summed E-state index contributed by atoms with van der Waals surface area (Å²) in [6.45, 7) is 4.95. The highest BCUT2D eigenvalue weighted by Gasteiger charge is 2.18. The number of nitrogens with one attached hydrogen (secondary N) is 1. The molecular weight excluding hydrogens is 947 g/mol. The van der Waals surface area contributed by atoms with Crippen molar-refractivity contribution in [3.63, 3.8) is 0 Å². The van der Waals surface area contributed by atoms with Crippen LogP contribution in [0.1, 0.15) is 406 Å². The van der Waals surface area contributed by atoms with Crippen LogP contribution in [0.5, 0.6) is 0 Å². The van der Waals surface area contributed by atoms with E-state index in [1.165, 1.54) is 340 Å². The Morgan fingerprint density at radius 1 is 0.351 bits per heavy atom. The number of aliphatic hydroxyl groups is 2. The number of hydrogen-bond acceptors (Lipinski definition) is 5. The second-order valence-corrected chi connectivity index (χ2v) is 24.6. The molecule has 0 aromatic rings. The van der Waals surface area contributed by atoms with Gasteiger partial charge in [0, 0.05) is 12.8 Å². The van der Waals surface area contributed by atoms with Crippen LogP contribution < -0.4 is 5.32 Å². The highest BCUT2D eigenvalue weighted by Crippen LogP contribution is 2.19. The second kappa shape index (κ2) is 67.1. The van der Waals surface area contributed by atoms with Gasteiger partial charge in [-0.05, 0) is 32.1 Å². The molecule has 77 heavy (non-hydrogen) atoms. The summed E-state index contributed by atoms with van der Waals surface area (Å²) in [7, 11) is 0. The number of amides is 1. The van der Waals surface area contributed by atoms with Gasteiger partial charge in [-0.15, -0.1) is 0 Å². The summed E-state index contributed by atoms with van der Waals surface area (Å²) in [6.07, 6.45) is 82.9. The molecule has 6 heteroatoms. The van der Waals surface area contributed by atoms with E-state index in [0.717, 1.165) is 38.5 Å². The lowest BCUT2D eigenvalue weighted by molar-refractivity contribution is -0.143. The normalized spacial score (nSPS) is 12.5. The molecule has 0 saturated carbocycles. The fraction of sp³-hybridized carbons (Fsp3) is 0.944. The molecule has 3 N–H and O–H groups in total. The minimum absolute atomic E-state index is 0.0176. The van der Waals surface area contributed by atoms with Crippen LogP contribution in [-0.2, 0) is 14.3 Å². The summed E-state index contributed by atoms with van der Waals surface area (Å²) in [6, 6.07) is -0.627. The molecule has 0 aromatic heterocycles. The maximum atomic E-state index is 12.5. The number of carbonyl (C=O) groups excluding carboxylic acids is 2. The summed E-state index contributed by atoms with van der Waals surface area (Å²) >= 11 is 0. The molecule has 0 radical (unpaired) electrons. The van der Waals surface area contributed by atoms with Crippen LogP contribution in [0.25, 0.3) is 0 Å². The van der Waals surface area contributed by atoms with Crippen LogP contribution in [0.2, 0.25) is 0 Å². The zero-order valence-electron chi connectivity index (χ0n) is 52.5. The number of carbonyl (C=O) groups is 2. The van der Waals surface area contributed by atoms with Gasteiger partial charge in [-0.3, -0.25) is 9.59 Å². The predicted molar refractivity (Wildman–Crippen MR) is 338 cm³/mol. The lowest BCUT2D eigenvalue weighted by atomic mass is 10.0. The number of ether oxygens (including phenoxy) is 1. The SMILES string of the molecule is CCCCCCCCCCCCCCCCCCCCCCC/C=C/C(O)C(CO)NC(=O)CCCCCCCCCCCCCCCCCCCCCCCCCCOC(=O)CCCCCCCCCCCCCCC. The van der Waals surface area contributed by atoms with Crippen molar-refractivity contribution < 1.29 is 24.5 Å². The van der Waals surface area contributed by atoms with Gasteiger partial charge in [0.05, 0.1) is 25.4 Å². The fourth-order valence-electron chi connectivity index (χ4n) is 11.4. The Bertz CT molecular complexity index is 1160. The Kier molecular flexibility index (Phi) is 65.9. The van der Waals surface area contributed by atoms with Gasteiger partial charge < -0.3 is 20.3 Å². The fourth-order valence-corrected chi connectivity index (χ4v) is 11.4. The molecule has 0 heterocycles. The van der Waals surface area contributed by atoms with Crippen LogP contribution in [0.3, 0.4) is 0 Å². The van der Waals surface area contributed by atoms with Crippen molar-refractivity contribution in [2.24, 2.45) is 0 Å². The Morgan fingerprint density at radius 3 is 0.883 bits per heavy atom. The maximum Gasteiger partial charge on any atom is 0.305 e.